The Bertz CT molecular complexity index is 1850. The van der Waals surface area contributed by atoms with Gasteiger partial charge in [0.2, 0.25) is 0 Å². The van der Waals surface area contributed by atoms with Crippen LogP contribution < -0.4 is 14.7 Å². The molecule has 8 bridgehead atoms. The topological polar surface area (TPSA) is 89.5 Å². The van der Waals surface area contributed by atoms with Crippen molar-refractivity contribution in [3.8, 4) is 5.75 Å². The number of esters is 1. The Morgan fingerprint density at radius 1 is 0.712 bits per heavy atom. The average Bonchev–Trinajstić information content (AvgIpc) is 3.77. The first-order chi connectivity index (χ1) is 24.5. The third-order valence-corrected chi connectivity index (χ3v) is 10.9. The number of ether oxygens (including phenoxy) is 2. The van der Waals surface area contributed by atoms with Gasteiger partial charge in [-0.1, -0.05) is 135 Å². The molecule has 7 nitrogen and oxygen atoms in total. The number of unbranched alkanes of at least 4 members (excludes halogenated alkanes) is 8. The number of hydrogen-bond acceptors (Lipinski definition) is 5. The van der Waals surface area contributed by atoms with Crippen molar-refractivity contribution in [1.29, 1.82) is 0 Å². The number of rotatable bonds is 16. The second kappa shape index (κ2) is 18.3. The van der Waals surface area contributed by atoms with Crippen LogP contribution in [0.3, 0.4) is 0 Å². The molecule has 0 atom stereocenters. The van der Waals surface area contributed by atoms with Crippen LogP contribution in [0.25, 0.3) is 22.1 Å². The Balaban J connectivity index is 0.00000605. The minimum atomic E-state index is -0.315. The number of fused-ring (bicyclic) bond motifs is 8. The van der Waals surface area contributed by atoms with Crippen LogP contribution in [-0.2, 0) is 64.2 Å². The van der Waals surface area contributed by atoms with Gasteiger partial charge in [-0.2, -0.15) is 0 Å². The summed E-state index contributed by atoms with van der Waals surface area (Å²) in [6.45, 7) is 17.9. The third-order valence-electron chi connectivity index (χ3n) is 10.9. The van der Waals surface area contributed by atoms with E-state index in [0.717, 1.165) is 102 Å². The zero-order chi connectivity index (χ0) is 36.8. The van der Waals surface area contributed by atoms with Gasteiger partial charge < -0.3 is 19.4 Å². The molecule has 52 heavy (non-hydrogen) atoms. The van der Waals surface area contributed by atoms with E-state index in [1.165, 1.54) is 56.1 Å². The van der Waals surface area contributed by atoms with E-state index in [1.54, 1.807) is 7.11 Å². The molecule has 3 aromatic heterocycles. The summed E-state index contributed by atoms with van der Waals surface area (Å²) in [7, 11) is 1.75. The molecule has 2 aliphatic heterocycles. The Kier molecular flexibility index (Phi) is 14.6. The fourth-order valence-electron chi connectivity index (χ4n) is 7.95. The SMILES string of the molecule is CCCCCCCc1c(C(=O)OCC)c2cc3nc(cc4[n-]c(c(CC)c4CCCCCCC)c(OC)c4nc(cc1[n-]2)C(C)(C)C4)C(C)(C)C3.[Ni+2]. The van der Waals surface area contributed by atoms with Gasteiger partial charge in [0.1, 0.15) is 5.75 Å². The Hall–Kier alpha value is -3.12. The predicted molar refractivity (Wildman–Crippen MR) is 209 cm³/mol. The first-order valence-corrected chi connectivity index (χ1v) is 19.9. The molecule has 0 radical (unpaired) electrons. The molecular formula is C44H62N4NiO3. The predicted octanol–water partition coefficient (Wildman–Crippen LogP) is 10.4. The maximum atomic E-state index is 13.8. The van der Waals surface area contributed by atoms with Crippen LogP contribution in [0.2, 0.25) is 0 Å². The van der Waals surface area contributed by atoms with E-state index in [4.69, 9.17) is 29.4 Å². The molecule has 2 aliphatic rings. The van der Waals surface area contributed by atoms with Crippen LogP contribution in [-0.4, -0.2) is 29.7 Å². The Labute approximate surface area is 322 Å². The molecular weight excluding hydrogens is 691 g/mol. The van der Waals surface area contributed by atoms with Crippen molar-refractivity contribution in [3.63, 3.8) is 0 Å². The molecule has 5 heterocycles. The van der Waals surface area contributed by atoms with Crippen LogP contribution in [0.1, 0.15) is 169 Å². The van der Waals surface area contributed by atoms with E-state index in [-0.39, 0.29) is 33.3 Å². The average molecular weight is 754 g/mol. The van der Waals surface area contributed by atoms with E-state index < -0.39 is 0 Å². The molecule has 0 aliphatic carbocycles. The molecule has 0 unspecified atom stereocenters. The monoisotopic (exact) mass is 752 g/mol. The number of aryl methyl sites for hydroxylation is 3. The summed E-state index contributed by atoms with van der Waals surface area (Å²) in [5.41, 5.74) is 10.7. The first kappa shape index (κ1) is 41.6. The second-order valence-electron chi connectivity index (χ2n) is 16.0. The van der Waals surface area contributed by atoms with Crippen LogP contribution >= 0.6 is 0 Å². The van der Waals surface area contributed by atoms with E-state index in [9.17, 15) is 4.79 Å². The molecule has 3 aromatic rings. The zero-order valence-electron chi connectivity index (χ0n) is 33.4. The molecule has 0 aromatic carbocycles. The van der Waals surface area contributed by atoms with E-state index in [0.29, 0.717) is 17.7 Å². The molecule has 8 heteroatoms. The number of nitrogens with zero attached hydrogens (tertiary/aromatic N) is 4. The van der Waals surface area contributed by atoms with Gasteiger partial charge in [0, 0.05) is 46.3 Å². The van der Waals surface area contributed by atoms with Crippen LogP contribution in [0.4, 0.5) is 0 Å². The number of carbonyl (C=O) groups is 1. The second-order valence-corrected chi connectivity index (χ2v) is 16.0. The maximum absolute atomic E-state index is 13.8. The van der Waals surface area contributed by atoms with Gasteiger partial charge in [0.15, 0.2) is 0 Å². The van der Waals surface area contributed by atoms with Crippen molar-refractivity contribution < 1.29 is 30.8 Å². The number of methoxy groups -OCH3 is 1. The molecule has 0 spiro atoms. The normalized spacial score (nSPS) is 14.6. The molecule has 0 N–H and O–H groups in total. The fraction of sp³-hybridized carbons (Fsp3) is 0.614. The summed E-state index contributed by atoms with van der Waals surface area (Å²) < 4.78 is 11.9. The van der Waals surface area contributed by atoms with Gasteiger partial charge in [-0.05, 0) is 44.6 Å². The van der Waals surface area contributed by atoms with Gasteiger partial charge in [0.05, 0.1) is 19.4 Å². The smallest absolute Gasteiger partial charge is 0.657 e. The third kappa shape index (κ3) is 9.15. The maximum Gasteiger partial charge on any atom is 2.00 e. The summed E-state index contributed by atoms with van der Waals surface area (Å²) in [6.07, 6.45) is 15.9. The summed E-state index contributed by atoms with van der Waals surface area (Å²) in [6, 6.07) is 6.36. The van der Waals surface area contributed by atoms with Crippen molar-refractivity contribution in [2.75, 3.05) is 13.7 Å². The molecule has 0 saturated heterocycles. The van der Waals surface area contributed by atoms with E-state index >= 15 is 0 Å². The largest absolute Gasteiger partial charge is 2.00 e. The van der Waals surface area contributed by atoms with Gasteiger partial charge in [-0.3, -0.25) is 9.97 Å². The van der Waals surface area contributed by atoms with Crippen LogP contribution in [0.15, 0.2) is 18.2 Å². The minimum Gasteiger partial charge on any atom is -0.657 e. The van der Waals surface area contributed by atoms with E-state index in [2.05, 4.69) is 60.6 Å². The van der Waals surface area contributed by atoms with Crippen LogP contribution in [0.5, 0.6) is 5.75 Å². The van der Waals surface area contributed by atoms with Crippen molar-refractivity contribution in [3.05, 3.63) is 63.2 Å². The summed E-state index contributed by atoms with van der Waals surface area (Å²) >= 11 is 0. The molecule has 286 valence electrons. The zero-order valence-corrected chi connectivity index (χ0v) is 34.4. The van der Waals surface area contributed by atoms with Crippen molar-refractivity contribution in [2.24, 2.45) is 0 Å². The molecule has 0 amide bonds. The van der Waals surface area contributed by atoms with Gasteiger partial charge >= 0.3 is 22.5 Å². The first-order valence-electron chi connectivity index (χ1n) is 19.9. The quantitative estimate of drug-likeness (QED) is 0.0817. The van der Waals surface area contributed by atoms with Gasteiger partial charge in [0.25, 0.3) is 0 Å². The standard InChI is InChI=1S/C44H63N4O3.Ni/c1-10-14-16-18-20-22-31-30(12-3)40-41(50-9)36-28-44(7,8)38(47-36)26-34-32(23-21-19-17-15-11-2)39(42(49)51-13-4)35(46-34)24-29-27-43(5,6)37(45-29)25-33(31)48-40;/h24-26H,10-23,27-28H2,1-9H3,(H-,45,46,47,48,49);/q-1;+2/p-1. The van der Waals surface area contributed by atoms with E-state index in [1.807, 2.05) is 13.0 Å². The van der Waals surface area contributed by atoms with Gasteiger partial charge in [-0.25, -0.2) is 4.79 Å². The summed E-state index contributed by atoms with van der Waals surface area (Å²) in [5.74, 6) is 0.444. The Morgan fingerprint density at radius 3 is 1.88 bits per heavy atom. The minimum absolute atomic E-state index is 0. The Morgan fingerprint density at radius 2 is 1.29 bits per heavy atom. The summed E-state index contributed by atoms with van der Waals surface area (Å²) in [5, 5.41) is 0. The van der Waals surface area contributed by atoms with Crippen LogP contribution in [0, 0.1) is 0 Å². The van der Waals surface area contributed by atoms with Gasteiger partial charge in [-0.15, -0.1) is 16.6 Å². The molecule has 0 saturated carbocycles. The molecule has 0 fully saturated rings. The van der Waals surface area contributed by atoms with Crippen molar-refractivity contribution >= 4 is 28.0 Å². The van der Waals surface area contributed by atoms with Crippen molar-refractivity contribution in [1.82, 2.24) is 19.9 Å². The number of hydrogen-bond donors (Lipinski definition) is 0. The fourth-order valence-corrected chi connectivity index (χ4v) is 7.95. The molecule has 5 rings (SSSR count). The number of carbonyl (C=O) groups excluding carboxylic acids is 1. The summed E-state index contributed by atoms with van der Waals surface area (Å²) in [4.78, 5) is 34.9. The number of aromatic nitrogens is 4. The van der Waals surface area contributed by atoms with Crippen molar-refractivity contribution in [2.45, 2.75) is 163 Å².